The SMILES string of the molecule is CCCOC(=O)C1=C(C)NC2=C(C(=O)C[C@H](c3ccc(OC)cc3)C2)[C@@H]1c1ccc(O)c(OCC)c1. The van der Waals surface area contributed by atoms with Crippen LogP contribution in [0.4, 0.5) is 0 Å². The Bertz CT molecular complexity index is 1210. The van der Waals surface area contributed by atoms with Crippen LogP contribution in [0.1, 0.15) is 63.0 Å². The molecule has 1 aliphatic heterocycles. The van der Waals surface area contributed by atoms with Crippen molar-refractivity contribution in [3.05, 3.63) is 76.1 Å². The molecule has 0 unspecified atom stereocenters. The molecule has 0 fully saturated rings. The fraction of sp³-hybridized carbons (Fsp3) is 0.379. The van der Waals surface area contributed by atoms with E-state index in [4.69, 9.17) is 14.2 Å². The van der Waals surface area contributed by atoms with Gasteiger partial charge in [0.25, 0.3) is 0 Å². The number of methoxy groups -OCH3 is 1. The third-order valence-electron chi connectivity index (χ3n) is 6.69. The first-order chi connectivity index (χ1) is 17.4. The van der Waals surface area contributed by atoms with Crippen molar-refractivity contribution in [1.29, 1.82) is 0 Å². The highest BCUT2D eigenvalue weighted by Crippen LogP contribution is 2.47. The van der Waals surface area contributed by atoms with Crippen molar-refractivity contribution in [1.82, 2.24) is 5.32 Å². The first-order valence-corrected chi connectivity index (χ1v) is 12.4. The van der Waals surface area contributed by atoms with E-state index in [1.54, 1.807) is 25.3 Å². The van der Waals surface area contributed by atoms with Gasteiger partial charge in [-0.25, -0.2) is 4.79 Å². The summed E-state index contributed by atoms with van der Waals surface area (Å²) in [4.78, 5) is 26.9. The summed E-state index contributed by atoms with van der Waals surface area (Å²) in [5, 5.41) is 13.6. The summed E-state index contributed by atoms with van der Waals surface area (Å²) in [5.74, 6) is 0.0137. The van der Waals surface area contributed by atoms with Gasteiger partial charge in [0.05, 0.1) is 25.9 Å². The van der Waals surface area contributed by atoms with Crippen LogP contribution in [0.3, 0.4) is 0 Å². The van der Waals surface area contributed by atoms with Crippen LogP contribution in [-0.4, -0.2) is 37.2 Å². The van der Waals surface area contributed by atoms with E-state index >= 15 is 0 Å². The minimum atomic E-state index is -0.616. The van der Waals surface area contributed by atoms with Crippen LogP contribution in [0.15, 0.2) is 65.0 Å². The molecule has 1 heterocycles. The molecule has 0 amide bonds. The second-order valence-corrected chi connectivity index (χ2v) is 9.09. The average molecular weight is 492 g/mol. The summed E-state index contributed by atoms with van der Waals surface area (Å²) in [6, 6.07) is 12.8. The Morgan fingerprint density at radius 3 is 2.47 bits per heavy atom. The third kappa shape index (κ3) is 4.96. The Balaban J connectivity index is 1.78. The molecule has 190 valence electrons. The highest BCUT2D eigenvalue weighted by Gasteiger charge is 2.41. The van der Waals surface area contributed by atoms with Gasteiger partial charge in [-0.2, -0.15) is 0 Å². The number of phenols is 1. The van der Waals surface area contributed by atoms with Crippen LogP contribution in [0.25, 0.3) is 0 Å². The number of allylic oxidation sites excluding steroid dienone is 3. The average Bonchev–Trinajstić information content (AvgIpc) is 2.87. The molecule has 2 aromatic rings. The number of ether oxygens (including phenoxy) is 3. The lowest BCUT2D eigenvalue weighted by atomic mass is 9.71. The van der Waals surface area contributed by atoms with E-state index in [2.05, 4.69) is 5.32 Å². The summed E-state index contributed by atoms with van der Waals surface area (Å²) in [6.07, 6.45) is 1.66. The number of rotatable bonds is 8. The Morgan fingerprint density at radius 1 is 1.08 bits per heavy atom. The smallest absolute Gasteiger partial charge is 0.336 e. The molecule has 0 bridgehead atoms. The van der Waals surface area contributed by atoms with Gasteiger partial charge < -0.3 is 24.6 Å². The van der Waals surface area contributed by atoms with Crippen LogP contribution in [0.2, 0.25) is 0 Å². The van der Waals surface area contributed by atoms with Crippen molar-refractivity contribution in [2.24, 2.45) is 0 Å². The standard InChI is InChI=1S/C29H33NO6/c1-5-13-36-29(33)26-17(3)30-22-14-20(18-7-10-21(34-4)11-8-18)15-24(32)28(22)27(26)19-9-12-23(31)25(16-19)35-6-2/h7-12,16,20,27,30-31H,5-6,13-15H2,1-4H3/t20-,27-/m1/s1. The first-order valence-electron chi connectivity index (χ1n) is 12.4. The van der Waals surface area contributed by atoms with Crippen molar-refractivity contribution in [2.45, 2.75) is 51.9 Å². The van der Waals surface area contributed by atoms with Gasteiger partial charge in [-0.3, -0.25) is 4.79 Å². The lowest BCUT2D eigenvalue weighted by molar-refractivity contribution is -0.139. The second-order valence-electron chi connectivity index (χ2n) is 9.09. The molecule has 2 N–H and O–H groups in total. The maximum atomic E-state index is 13.7. The topological polar surface area (TPSA) is 94.1 Å². The fourth-order valence-corrected chi connectivity index (χ4v) is 5.01. The normalized spacial score (nSPS) is 19.5. The van der Waals surface area contributed by atoms with Crippen LogP contribution in [0, 0.1) is 0 Å². The molecule has 0 aromatic heterocycles. The molecule has 0 saturated carbocycles. The number of carbonyl (C=O) groups excluding carboxylic acids is 2. The van der Waals surface area contributed by atoms with Gasteiger partial charge in [-0.1, -0.05) is 25.1 Å². The second kappa shape index (κ2) is 10.9. The molecule has 1 aliphatic carbocycles. The van der Waals surface area contributed by atoms with Crippen molar-refractivity contribution in [2.75, 3.05) is 20.3 Å². The lowest BCUT2D eigenvalue weighted by Crippen LogP contribution is -2.36. The number of carbonyl (C=O) groups is 2. The number of Topliss-reactive ketones (excluding diaryl/α,β-unsaturated/α-hetero) is 1. The van der Waals surface area contributed by atoms with Gasteiger partial charge in [-0.05, 0) is 68.0 Å². The van der Waals surface area contributed by atoms with E-state index < -0.39 is 11.9 Å². The fourth-order valence-electron chi connectivity index (χ4n) is 5.01. The molecule has 4 rings (SSSR count). The van der Waals surface area contributed by atoms with Gasteiger partial charge in [0.15, 0.2) is 17.3 Å². The summed E-state index contributed by atoms with van der Waals surface area (Å²) in [7, 11) is 1.63. The van der Waals surface area contributed by atoms with Crippen molar-refractivity contribution in [3.8, 4) is 17.2 Å². The van der Waals surface area contributed by atoms with Crippen LogP contribution in [0.5, 0.6) is 17.2 Å². The molecule has 36 heavy (non-hydrogen) atoms. The molecular weight excluding hydrogens is 458 g/mol. The maximum absolute atomic E-state index is 13.7. The molecule has 7 nitrogen and oxygen atoms in total. The first kappa shape index (κ1) is 25.4. The molecule has 2 aromatic carbocycles. The maximum Gasteiger partial charge on any atom is 0.336 e. The predicted molar refractivity (Wildman–Crippen MR) is 136 cm³/mol. The molecule has 0 radical (unpaired) electrons. The molecule has 2 atom stereocenters. The van der Waals surface area contributed by atoms with E-state index in [0.29, 0.717) is 60.6 Å². The van der Waals surface area contributed by atoms with Gasteiger partial charge in [0.2, 0.25) is 0 Å². The lowest BCUT2D eigenvalue weighted by Gasteiger charge is -2.36. The van der Waals surface area contributed by atoms with Gasteiger partial charge in [0, 0.05) is 29.3 Å². The van der Waals surface area contributed by atoms with Crippen LogP contribution in [-0.2, 0) is 14.3 Å². The summed E-state index contributed by atoms with van der Waals surface area (Å²) < 4.78 is 16.4. The zero-order valence-electron chi connectivity index (χ0n) is 21.2. The Kier molecular flexibility index (Phi) is 7.67. The van der Waals surface area contributed by atoms with Crippen molar-refractivity contribution < 1.29 is 28.9 Å². The highest BCUT2D eigenvalue weighted by molar-refractivity contribution is 6.04. The van der Waals surface area contributed by atoms with Crippen molar-refractivity contribution in [3.63, 3.8) is 0 Å². The van der Waals surface area contributed by atoms with Crippen molar-refractivity contribution >= 4 is 11.8 Å². The number of hydrogen-bond acceptors (Lipinski definition) is 7. The number of esters is 1. The van der Waals surface area contributed by atoms with E-state index in [1.165, 1.54) is 0 Å². The van der Waals surface area contributed by atoms with E-state index in [1.807, 2.05) is 45.0 Å². The zero-order chi connectivity index (χ0) is 25.8. The van der Waals surface area contributed by atoms with E-state index in [9.17, 15) is 14.7 Å². The van der Waals surface area contributed by atoms with Crippen LogP contribution >= 0.6 is 0 Å². The third-order valence-corrected chi connectivity index (χ3v) is 6.69. The molecular formula is C29H33NO6. The number of hydrogen-bond donors (Lipinski definition) is 2. The number of dihydropyridines is 1. The number of phenolic OH excluding ortho intramolecular Hbond substituents is 1. The Hall–Kier alpha value is -3.74. The number of aromatic hydroxyl groups is 1. The summed E-state index contributed by atoms with van der Waals surface area (Å²) >= 11 is 0. The van der Waals surface area contributed by atoms with Gasteiger partial charge >= 0.3 is 5.97 Å². The Labute approximate surface area is 211 Å². The highest BCUT2D eigenvalue weighted by atomic mass is 16.5. The molecule has 2 aliphatic rings. The summed E-state index contributed by atoms with van der Waals surface area (Å²) in [5.41, 5.74) is 4.21. The number of benzene rings is 2. The summed E-state index contributed by atoms with van der Waals surface area (Å²) in [6.45, 7) is 6.27. The quantitative estimate of drug-likeness (QED) is 0.495. The largest absolute Gasteiger partial charge is 0.504 e. The Morgan fingerprint density at radius 2 is 1.81 bits per heavy atom. The van der Waals surface area contributed by atoms with Gasteiger partial charge in [-0.15, -0.1) is 0 Å². The van der Waals surface area contributed by atoms with E-state index in [0.717, 1.165) is 17.0 Å². The molecule has 0 saturated heterocycles. The monoisotopic (exact) mass is 491 g/mol. The van der Waals surface area contributed by atoms with E-state index in [-0.39, 0.29) is 17.5 Å². The zero-order valence-corrected chi connectivity index (χ0v) is 21.2. The van der Waals surface area contributed by atoms with Crippen LogP contribution < -0.4 is 14.8 Å². The molecule has 7 heteroatoms. The molecule has 0 spiro atoms. The van der Waals surface area contributed by atoms with Gasteiger partial charge in [0.1, 0.15) is 5.75 Å². The minimum absolute atomic E-state index is 0.00842. The number of ketones is 1. The minimum Gasteiger partial charge on any atom is -0.504 e. The predicted octanol–water partition coefficient (Wildman–Crippen LogP) is 5.11. The number of nitrogens with one attached hydrogen (secondary N) is 1.